The molecule has 0 radical (unpaired) electrons. The fourth-order valence-corrected chi connectivity index (χ4v) is 1.55. The van der Waals surface area contributed by atoms with Gasteiger partial charge in [0.2, 0.25) is 11.8 Å². The van der Waals surface area contributed by atoms with Crippen molar-refractivity contribution in [2.24, 2.45) is 5.84 Å². The Morgan fingerprint density at radius 3 is 2.33 bits per heavy atom. The van der Waals surface area contributed by atoms with Crippen LogP contribution in [0.2, 0.25) is 0 Å². The summed E-state index contributed by atoms with van der Waals surface area (Å²) in [6.07, 6.45) is 3.27. The predicted octanol–water partition coefficient (Wildman–Crippen LogP) is -0.0532. The van der Waals surface area contributed by atoms with Crippen molar-refractivity contribution in [3.63, 3.8) is 0 Å². The zero-order chi connectivity index (χ0) is 14.0. The molecule has 6 heteroatoms. The van der Waals surface area contributed by atoms with Gasteiger partial charge in [-0.3, -0.25) is 19.9 Å². The number of carbonyl (C=O) groups is 2. The molecular weight excluding hydrogens is 232 g/mol. The molecular formula is C12H26N4O2. The third-order valence-corrected chi connectivity index (χ3v) is 2.84. The van der Waals surface area contributed by atoms with Crippen LogP contribution >= 0.6 is 0 Å². The second-order valence-electron chi connectivity index (χ2n) is 4.54. The van der Waals surface area contributed by atoms with Crippen LogP contribution in [0, 0.1) is 0 Å². The average Bonchev–Trinajstić information content (AvgIpc) is 2.36. The standard InChI is InChI=1S/C12H26N4O2/c1-4-16(10-12(18)15(2)3)9-7-5-6-8-11(17)14-13/h4-10,13H2,1-3H3,(H,14,17). The van der Waals surface area contributed by atoms with Gasteiger partial charge in [0.25, 0.3) is 0 Å². The van der Waals surface area contributed by atoms with Gasteiger partial charge in [-0.15, -0.1) is 0 Å². The lowest BCUT2D eigenvalue weighted by molar-refractivity contribution is -0.129. The third-order valence-electron chi connectivity index (χ3n) is 2.84. The minimum Gasteiger partial charge on any atom is -0.348 e. The fraction of sp³-hybridized carbons (Fsp3) is 0.833. The van der Waals surface area contributed by atoms with Crippen molar-refractivity contribution in [1.82, 2.24) is 15.2 Å². The number of hydrogen-bond donors (Lipinski definition) is 2. The molecule has 0 atom stereocenters. The summed E-state index contributed by atoms with van der Waals surface area (Å²) in [5.41, 5.74) is 2.11. The lowest BCUT2D eigenvalue weighted by atomic mass is 10.2. The van der Waals surface area contributed by atoms with E-state index in [-0.39, 0.29) is 11.8 Å². The normalized spacial score (nSPS) is 10.5. The molecule has 0 aromatic carbocycles. The quantitative estimate of drug-likeness (QED) is 0.263. The Morgan fingerprint density at radius 1 is 1.17 bits per heavy atom. The van der Waals surface area contributed by atoms with Crippen molar-refractivity contribution in [3.05, 3.63) is 0 Å². The van der Waals surface area contributed by atoms with Crippen molar-refractivity contribution in [3.8, 4) is 0 Å². The summed E-state index contributed by atoms with van der Waals surface area (Å²) in [7, 11) is 3.53. The summed E-state index contributed by atoms with van der Waals surface area (Å²) in [6.45, 7) is 4.26. The highest BCUT2D eigenvalue weighted by Crippen LogP contribution is 2.02. The maximum absolute atomic E-state index is 11.5. The van der Waals surface area contributed by atoms with E-state index >= 15 is 0 Å². The molecule has 3 N–H and O–H groups in total. The molecule has 0 heterocycles. The summed E-state index contributed by atoms with van der Waals surface area (Å²) in [5.74, 6) is 4.99. The summed E-state index contributed by atoms with van der Waals surface area (Å²) < 4.78 is 0. The number of nitrogens with two attached hydrogens (primary N) is 1. The van der Waals surface area contributed by atoms with E-state index in [1.807, 2.05) is 6.92 Å². The SMILES string of the molecule is CCN(CCCCCC(=O)NN)CC(=O)N(C)C. The van der Waals surface area contributed by atoms with Gasteiger partial charge in [0.1, 0.15) is 0 Å². The van der Waals surface area contributed by atoms with Crippen LogP contribution in [-0.4, -0.2) is 55.3 Å². The molecule has 0 rings (SSSR count). The number of likely N-dealkylation sites (N-methyl/N-ethyl adjacent to an activating group) is 2. The third kappa shape index (κ3) is 8.03. The van der Waals surface area contributed by atoms with Crippen molar-refractivity contribution in [2.75, 3.05) is 33.7 Å². The number of nitrogens with one attached hydrogen (secondary N) is 1. The minimum atomic E-state index is -0.120. The Bertz CT molecular complexity index is 256. The molecule has 0 aromatic heterocycles. The molecule has 0 saturated heterocycles. The lowest BCUT2D eigenvalue weighted by Gasteiger charge is -2.21. The Kier molecular flexibility index (Phi) is 9.22. The van der Waals surface area contributed by atoms with Gasteiger partial charge in [0, 0.05) is 20.5 Å². The molecule has 0 spiro atoms. The summed E-state index contributed by atoms with van der Waals surface area (Å²) in [4.78, 5) is 26.2. The van der Waals surface area contributed by atoms with E-state index in [2.05, 4.69) is 10.3 Å². The first-order chi connectivity index (χ1) is 8.51. The average molecular weight is 258 g/mol. The maximum atomic E-state index is 11.5. The highest BCUT2D eigenvalue weighted by Gasteiger charge is 2.10. The highest BCUT2D eigenvalue weighted by atomic mass is 16.2. The van der Waals surface area contributed by atoms with E-state index in [0.29, 0.717) is 13.0 Å². The van der Waals surface area contributed by atoms with Gasteiger partial charge < -0.3 is 4.90 Å². The molecule has 0 aliphatic rings. The van der Waals surface area contributed by atoms with Gasteiger partial charge in [0.15, 0.2) is 0 Å². The van der Waals surface area contributed by atoms with Crippen LogP contribution in [0.1, 0.15) is 32.6 Å². The number of amides is 2. The molecule has 0 bridgehead atoms. The van der Waals surface area contributed by atoms with Gasteiger partial charge in [-0.25, -0.2) is 5.84 Å². The Labute approximate surface area is 109 Å². The monoisotopic (exact) mass is 258 g/mol. The zero-order valence-corrected chi connectivity index (χ0v) is 11.7. The molecule has 18 heavy (non-hydrogen) atoms. The number of unbranched alkanes of at least 4 members (excludes halogenated alkanes) is 2. The Balaban J connectivity index is 3.68. The first-order valence-corrected chi connectivity index (χ1v) is 6.43. The minimum absolute atomic E-state index is 0.120. The van der Waals surface area contributed by atoms with Crippen LogP contribution in [-0.2, 0) is 9.59 Å². The molecule has 2 amide bonds. The maximum Gasteiger partial charge on any atom is 0.236 e. The molecule has 0 fully saturated rings. The van der Waals surface area contributed by atoms with Crippen molar-refractivity contribution in [2.45, 2.75) is 32.6 Å². The summed E-state index contributed by atoms with van der Waals surface area (Å²) in [6, 6.07) is 0. The van der Waals surface area contributed by atoms with Crippen LogP contribution < -0.4 is 11.3 Å². The molecule has 6 nitrogen and oxygen atoms in total. The highest BCUT2D eigenvalue weighted by molar-refractivity contribution is 5.77. The van der Waals surface area contributed by atoms with Crippen molar-refractivity contribution < 1.29 is 9.59 Å². The number of carbonyl (C=O) groups excluding carboxylic acids is 2. The van der Waals surface area contributed by atoms with Gasteiger partial charge in [-0.1, -0.05) is 13.3 Å². The number of nitrogens with zero attached hydrogens (tertiary/aromatic N) is 2. The van der Waals surface area contributed by atoms with Crippen molar-refractivity contribution in [1.29, 1.82) is 0 Å². The van der Waals surface area contributed by atoms with E-state index in [0.717, 1.165) is 32.4 Å². The Morgan fingerprint density at radius 2 is 1.83 bits per heavy atom. The largest absolute Gasteiger partial charge is 0.348 e. The number of hydrogen-bond acceptors (Lipinski definition) is 4. The van der Waals surface area contributed by atoms with Crippen LogP contribution in [0.5, 0.6) is 0 Å². The second-order valence-corrected chi connectivity index (χ2v) is 4.54. The smallest absolute Gasteiger partial charge is 0.236 e. The molecule has 0 unspecified atom stereocenters. The van der Waals surface area contributed by atoms with Gasteiger partial charge >= 0.3 is 0 Å². The number of rotatable bonds is 9. The van der Waals surface area contributed by atoms with Crippen LogP contribution in [0.25, 0.3) is 0 Å². The first kappa shape index (κ1) is 16.9. The molecule has 0 saturated carbocycles. The van der Waals surface area contributed by atoms with E-state index in [9.17, 15) is 9.59 Å². The topological polar surface area (TPSA) is 78.7 Å². The van der Waals surface area contributed by atoms with E-state index in [4.69, 9.17) is 5.84 Å². The molecule has 0 aromatic rings. The molecule has 0 aliphatic carbocycles. The fourth-order valence-electron chi connectivity index (χ4n) is 1.55. The molecule has 0 aliphatic heterocycles. The van der Waals surface area contributed by atoms with Gasteiger partial charge in [0.05, 0.1) is 6.54 Å². The predicted molar refractivity (Wildman–Crippen MR) is 71.6 cm³/mol. The van der Waals surface area contributed by atoms with E-state index in [1.165, 1.54) is 0 Å². The van der Waals surface area contributed by atoms with Gasteiger partial charge in [-0.2, -0.15) is 0 Å². The zero-order valence-electron chi connectivity index (χ0n) is 11.7. The number of hydrazine groups is 1. The first-order valence-electron chi connectivity index (χ1n) is 6.43. The summed E-state index contributed by atoms with van der Waals surface area (Å²) >= 11 is 0. The van der Waals surface area contributed by atoms with E-state index < -0.39 is 0 Å². The van der Waals surface area contributed by atoms with Gasteiger partial charge in [-0.05, 0) is 25.9 Å². The van der Waals surface area contributed by atoms with Crippen LogP contribution in [0.4, 0.5) is 0 Å². The molecule has 106 valence electrons. The van der Waals surface area contributed by atoms with Crippen LogP contribution in [0.3, 0.4) is 0 Å². The second kappa shape index (κ2) is 9.85. The van der Waals surface area contributed by atoms with E-state index in [1.54, 1.807) is 19.0 Å². The lowest BCUT2D eigenvalue weighted by Crippen LogP contribution is -2.37. The van der Waals surface area contributed by atoms with Crippen LogP contribution in [0.15, 0.2) is 0 Å². The van der Waals surface area contributed by atoms with Crippen molar-refractivity contribution >= 4 is 11.8 Å². The Hall–Kier alpha value is -1.14. The summed E-state index contributed by atoms with van der Waals surface area (Å²) in [5, 5.41) is 0.